The summed E-state index contributed by atoms with van der Waals surface area (Å²) < 4.78 is 21.3. The molecule has 0 spiro atoms. The highest BCUT2D eigenvalue weighted by Crippen LogP contribution is 2.46. The topological polar surface area (TPSA) is 27.7 Å². The minimum Gasteiger partial charge on any atom is -0.409 e. The zero-order valence-electron chi connectivity index (χ0n) is 44.7. The molecular weight excluding hydrogens is 836 g/mol. The van der Waals surface area contributed by atoms with Crippen molar-refractivity contribution in [1.29, 1.82) is 0 Å². The Kier molecular flexibility index (Phi) is 36.2. The summed E-state index contributed by atoms with van der Waals surface area (Å²) in [5, 5.41) is 0. The lowest BCUT2D eigenvalue weighted by molar-refractivity contribution is 0.383. The van der Waals surface area contributed by atoms with Crippen LogP contribution in [0.15, 0.2) is 60.7 Å². The molecule has 3 rings (SSSR count). The van der Waals surface area contributed by atoms with Gasteiger partial charge in [0.25, 0.3) is 0 Å². The van der Waals surface area contributed by atoms with Crippen LogP contribution in [0.4, 0.5) is 0 Å². The second-order valence-corrected chi connectivity index (χ2v) is 21.3. The van der Waals surface area contributed by atoms with Gasteiger partial charge in [-0.05, 0) is 116 Å². The van der Waals surface area contributed by atoms with E-state index in [9.17, 15) is 0 Å². The van der Waals surface area contributed by atoms with Crippen LogP contribution < -0.4 is 13.6 Å². The second-order valence-electron chi connectivity index (χ2n) is 20.3. The maximum absolute atomic E-state index is 7.17. The zero-order valence-corrected chi connectivity index (χ0v) is 45.6. The molecule has 3 aromatic rings. The molecule has 0 fully saturated rings. The number of rotatable bonds is 46. The molecule has 0 aromatic heterocycles. The van der Waals surface area contributed by atoms with Gasteiger partial charge in [-0.15, -0.1) is 0 Å². The minimum atomic E-state index is -1.78. The van der Waals surface area contributed by atoms with E-state index >= 15 is 0 Å². The Morgan fingerprint density at radius 2 is 0.582 bits per heavy atom. The molecule has 0 bridgehead atoms. The minimum absolute atomic E-state index is 0.829. The van der Waals surface area contributed by atoms with Crippen LogP contribution in [0, 0.1) is 0 Å². The molecule has 4 heteroatoms. The first-order valence-corrected chi connectivity index (χ1v) is 30.4. The van der Waals surface area contributed by atoms with Crippen molar-refractivity contribution in [3.63, 3.8) is 0 Å². The quantitative estimate of drug-likeness (QED) is 0.0417. The van der Waals surface area contributed by atoms with Crippen LogP contribution in [0.3, 0.4) is 0 Å². The fourth-order valence-electron chi connectivity index (χ4n) is 9.80. The largest absolute Gasteiger partial charge is 0.530 e. The van der Waals surface area contributed by atoms with Crippen molar-refractivity contribution in [2.75, 3.05) is 0 Å². The summed E-state index contributed by atoms with van der Waals surface area (Å²) in [4.78, 5) is 0. The Morgan fingerprint density at radius 1 is 0.284 bits per heavy atom. The van der Waals surface area contributed by atoms with Gasteiger partial charge in [-0.1, -0.05) is 264 Å². The van der Waals surface area contributed by atoms with Gasteiger partial charge < -0.3 is 13.6 Å². The number of hydrogen-bond acceptors (Lipinski definition) is 3. The van der Waals surface area contributed by atoms with E-state index in [1.807, 2.05) is 0 Å². The van der Waals surface area contributed by atoms with Gasteiger partial charge in [0.15, 0.2) is 0 Å². The van der Waals surface area contributed by atoms with Crippen LogP contribution in [-0.4, -0.2) is 0 Å². The van der Waals surface area contributed by atoms with Crippen molar-refractivity contribution in [2.24, 2.45) is 0 Å². The summed E-state index contributed by atoms with van der Waals surface area (Å²) in [7, 11) is -1.78. The average Bonchev–Trinajstić information content (AvgIpc) is 3.34. The van der Waals surface area contributed by atoms with Gasteiger partial charge in [0.2, 0.25) is 0 Å². The van der Waals surface area contributed by atoms with E-state index in [4.69, 9.17) is 13.6 Å². The monoisotopic (exact) mass is 941 g/mol. The lowest BCUT2D eigenvalue weighted by Crippen LogP contribution is -2.08. The molecule has 0 N–H and O–H groups in total. The smallest absolute Gasteiger partial charge is 0.409 e. The van der Waals surface area contributed by atoms with Crippen molar-refractivity contribution >= 4 is 8.60 Å². The lowest BCUT2D eigenvalue weighted by atomic mass is 9.95. The van der Waals surface area contributed by atoms with Crippen molar-refractivity contribution in [1.82, 2.24) is 0 Å². The zero-order chi connectivity index (χ0) is 47.7. The molecule has 0 atom stereocenters. The average molecular weight is 942 g/mol. The van der Waals surface area contributed by atoms with Crippen LogP contribution in [-0.2, 0) is 32.1 Å². The van der Waals surface area contributed by atoms with E-state index in [2.05, 4.69) is 95.3 Å². The summed E-state index contributed by atoms with van der Waals surface area (Å²) >= 11 is 0. The van der Waals surface area contributed by atoms with Crippen LogP contribution in [0.5, 0.6) is 17.2 Å². The van der Waals surface area contributed by atoms with Gasteiger partial charge >= 0.3 is 8.60 Å². The fraction of sp³-hybridized carbons (Fsp3) is 0.714. The molecule has 0 heterocycles. The van der Waals surface area contributed by atoms with Gasteiger partial charge in [-0.2, -0.15) is 0 Å². The fourth-order valence-corrected chi connectivity index (χ4v) is 10.9. The number of hydrogen-bond donors (Lipinski definition) is 0. The third-order valence-electron chi connectivity index (χ3n) is 14.1. The molecule has 67 heavy (non-hydrogen) atoms. The van der Waals surface area contributed by atoms with E-state index in [-0.39, 0.29) is 0 Å². The number of aryl methyl sites for hydroxylation is 3. The van der Waals surface area contributed by atoms with Crippen LogP contribution in [0.1, 0.15) is 287 Å². The van der Waals surface area contributed by atoms with E-state index in [0.717, 1.165) is 49.4 Å². The van der Waals surface area contributed by atoms with Gasteiger partial charge in [0.1, 0.15) is 17.2 Å². The predicted molar refractivity (Wildman–Crippen MR) is 297 cm³/mol. The second kappa shape index (κ2) is 41.3. The van der Waals surface area contributed by atoms with Gasteiger partial charge in [0, 0.05) is 0 Å². The van der Waals surface area contributed by atoms with Crippen molar-refractivity contribution in [3.05, 3.63) is 88.5 Å². The number of benzene rings is 3. The van der Waals surface area contributed by atoms with E-state index in [0.29, 0.717) is 0 Å². The first-order chi connectivity index (χ1) is 33.1. The van der Waals surface area contributed by atoms with Gasteiger partial charge in [0.05, 0.1) is 0 Å². The normalized spacial score (nSPS) is 11.5. The standard InChI is InChI=1S/C63H105O3P/c1-6-11-16-21-26-31-36-43-56-52-54-59(55-53-56)64-67(65-62-50-41-46-57(44-37-32-27-22-17-12-7-2)60(62)48-39-34-29-24-19-14-9-4)66-63-51-42-47-58(45-38-33-28-23-18-13-8-3)61(63)49-40-35-30-25-20-15-10-5/h41-42,46-47,50-55H,6-40,43-45,48-49H2,1-5H3. The Bertz CT molecular complexity index is 1480. The van der Waals surface area contributed by atoms with E-state index < -0.39 is 8.60 Å². The van der Waals surface area contributed by atoms with Crippen molar-refractivity contribution in [2.45, 2.75) is 291 Å². The first-order valence-electron chi connectivity index (χ1n) is 29.3. The Morgan fingerprint density at radius 3 is 0.925 bits per heavy atom. The molecule has 0 saturated heterocycles. The summed E-state index contributed by atoms with van der Waals surface area (Å²) in [6.45, 7) is 11.5. The first kappa shape index (κ1) is 58.8. The molecule has 0 aliphatic carbocycles. The van der Waals surface area contributed by atoms with Gasteiger partial charge in [-0.25, -0.2) is 0 Å². The highest BCUT2D eigenvalue weighted by molar-refractivity contribution is 7.43. The maximum atomic E-state index is 7.17. The van der Waals surface area contributed by atoms with Crippen LogP contribution >= 0.6 is 8.60 Å². The Labute approximate surface area is 417 Å². The molecule has 0 saturated carbocycles. The van der Waals surface area contributed by atoms with Crippen molar-refractivity contribution in [3.8, 4) is 17.2 Å². The Balaban J connectivity index is 1.91. The van der Waals surface area contributed by atoms with Crippen LogP contribution in [0.25, 0.3) is 0 Å². The molecular formula is C63H105O3P. The molecule has 3 aromatic carbocycles. The summed E-state index contributed by atoms with van der Waals surface area (Å²) in [5.74, 6) is 2.75. The van der Waals surface area contributed by atoms with Crippen molar-refractivity contribution < 1.29 is 13.6 Å². The highest BCUT2D eigenvalue weighted by atomic mass is 31.2. The summed E-state index contributed by atoms with van der Waals surface area (Å²) in [6.07, 6.45) is 51.6. The molecule has 0 aliphatic heterocycles. The summed E-state index contributed by atoms with van der Waals surface area (Å²) in [6, 6.07) is 22.5. The highest BCUT2D eigenvalue weighted by Gasteiger charge is 2.25. The molecule has 0 radical (unpaired) electrons. The number of unbranched alkanes of at least 4 members (excludes halogenated alkanes) is 30. The third-order valence-corrected chi connectivity index (χ3v) is 15.2. The summed E-state index contributed by atoms with van der Waals surface area (Å²) in [5.41, 5.74) is 7.05. The maximum Gasteiger partial charge on any atom is 0.530 e. The third kappa shape index (κ3) is 28.1. The van der Waals surface area contributed by atoms with E-state index in [1.165, 1.54) is 253 Å². The molecule has 0 amide bonds. The Hall–Kier alpha value is -2.51. The van der Waals surface area contributed by atoms with E-state index in [1.54, 1.807) is 0 Å². The predicted octanol–water partition coefficient (Wildman–Crippen LogP) is 21.9. The lowest BCUT2D eigenvalue weighted by Gasteiger charge is -2.23. The molecule has 0 unspecified atom stereocenters. The SMILES string of the molecule is CCCCCCCCCc1ccc(OP(Oc2cccc(CCCCCCCCC)c2CCCCCCCCC)Oc2cccc(CCCCCCCCC)c2CCCCCCCCC)cc1. The molecule has 0 aliphatic rings. The van der Waals surface area contributed by atoms with Gasteiger partial charge in [-0.3, -0.25) is 0 Å². The van der Waals surface area contributed by atoms with Crippen LogP contribution in [0.2, 0.25) is 0 Å². The molecule has 3 nitrogen and oxygen atoms in total. The molecule has 380 valence electrons.